The van der Waals surface area contributed by atoms with Crippen molar-refractivity contribution in [3.05, 3.63) is 53.1 Å². The maximum atomic E-state index is 12.6. The highest BCUT2D eigenvalue weighted by molar-refractivity contribution is 6.30. The fraction of sp³-hybridized carbons (Fsp3) is 0.381. The molecule has 1 amide bonds. The predicted molar refractivity (Wildman–Crippen MR) is 112 cm³/mol. The van der Waals surface area contributed by atoms with E-state index in [1.807, 2.05) is 12.1 Å². The lowest BCUT2D eigenvalue weighted by atomic mass is 10.1. The van der Waals surface area contributed by atoms with Crippen molar-refractivity contribution in [1.29, 1.82) is 0 Å². The summed E-state index contributed by atoms with van der Waals surface area (Å²) >= 11 is 5.96. The number of nitrogens with one attached hydrogen (secondary N) is 1. The first-order valence-electron chi connectivity index (χ1n) is 9.34. The molecule has 0 atom stereocenters. The molecule has 6 nitrogen and oxygen atoms in total. The number of methoxy groups -OCH3 is 2. The maximum Gasteiger partial charge on any atom is 0.258 e. The van der Waals surface area contributed by atoms with Gasteiger partial charge in [0.05, 0.1) is 14.2 Å². The van der Waals surface area contributed by atoms with Gasteiger partial charge in [-0.25, -0.2) is 0 Å². The van der Waals surface area contributed by atoms with E-state index in [2.05, 4.69) is 27.2 Å². The van der Waals surface area contributed by atoms with Crippen molar-refractivity contribution in [2.75, 3.05) is 58.4 Å². The van der Waals surface area contributed by atoms with E-state index < -0.39 is 0 Å². The van der Waals surface area contributed by atoms with E-state index >= 15 is 0 Å². The second kappa shape index (κ2) is 9.66. The molecule has 0 bridgehead atoms. The Morgan fingerprint density at radius 1 is 1.00 bits per heavy atom. The van der Waals surface area contributed by atoms with Gasteiger partial charge in [-0.15, -0.1) is 0 Å². The fourth-order valence-corrected chi connectivity index (χ4v) is 3.50. The molecule has 0 aromatic heterocycles. The number of piperazine rings is 1. The Labute approximate surface area is 171 Å². The highest BCUT2D eigenvalue weighted by atomic mass is 35.5. The van der Waals surface area contributed by atoms with Crippen LogP contribution in [0.15, 0.2) is 42.5 Å². The minimum Gasteiger partial charge on any atom is -0.496 e. The number of carbonyl (C=O) groups excluding carboxylic acids is 1. The highest BCUT2D eigenvalue weighted by Crippen LogP contribution is 2.27. The zero-order chi connectivity index (χ0) is 19.9. The van der Waals surface area contributed by atoms with Gasteiger partial charge in [0, 0.05) is 50.0 Å². The zero-order valence-electron chi connectivity index (χ0n) is 16.3. The number of halogens is 1. The van der Waals surface area contributed by atoms with E-state index in [9.17, 15) is 4.79 Å². The smallest absolute Gasteiger partial charge is 0.258 e. The van der Waals surface area contributed by atoms with E-state index in [0.717, 1.165) is 37.7 Å². The molecule has 1 aliphatic rings. The minimum absolute atomic E-state index is 0.186. The SMILES string of the molecule is COc1cccc(OC)c1C(=O)NCCN1CCN(c2ccc(Cl)cc2)CC1. The lowest BCUT2D eigenvalue weighted by molar-refractivity contribution is 0.0941. The second-order valence-electron chi connectivity index (χ2n) is 6.60. The van der Waals surface area contributed by atoms with E-state index in [-0.39, 0.29) is 5.91 Å². The standard InChI is InChI=1S/C21H26ClN3O3/c1-27-18-4-3-5-19(28-2)20(18)21(26)23-10-11-24-12-14-25(15-13-24)17-8-6-16(22)7-9-17/h3-9H,10-15H2,1-2H3,(H,23,26). The van der Waals surface area contributed by atoms with Crippen LogP contribution in [-0.4, -0.2) is 64.3 Å². The molecule has 0 unspecified atom stereocenters. The van der Waals surface area contributed by atoms with Gasteiger partial charge in [-0.1, -0.05) is 17.7 Å². The maximum absolute atomic E-state index is 12.6. The number of hydrogen-bond donors (Lipinski definition) is 1. The Morgan fingerprint density at radius 3 is 2.18 bits per heavy atom. The van der Waals surface area contributed by atoms with Crippen LogP contribution in [0.5, 0.6) is 11.5 Å². The van der Waals surface area contributed by atoms with Crippen molar-refractivity contribution in [3.63, 3.8) is 0 Å². The second-order valence-corrected chi connectivity index (χ2v) is 7.03. The number of hydrogen-bond acceptors (Lipinski definition) is 5. The van der Waals surface area contributed by atoms with Gasteiger partial charge in [0.25, 0.3) is 5.91 Å². The number of ether oxygens (including phenoxy) is 2. The Bertz CT molecular complexity index is 768. The van der Waals surface area contributed by atoms with Gasteiger partial charge in [0.1, 0.15) is 17.1 Å². The quantitative estimate of drug-likeness (QED) is 0.770. The van der Waals surface area contributed by atoms with Crippen LogP contribution in [0.2, 0.25) is 5.02 Å². The molecule has 2 aromatic carbocycles. The van der Waals surface area contributed by atoms with Crippen molar-refractivity contribution in [2.45, 2.75) is 0 Å². The summed E-state index contributed by atoms with van der Waals surface area (Å²) in [6, 6.07) is 13.3. The Hall–Kier alpha value is -2.44. The number of amides is 1. The number of anilines is 1. The molecule has 1 N–H and O–H groups in total. The molecule has 7 heteroatoms. The first-order chi connectivity index (χ1) is 13.6. The van der Waals surface area contributed by atoms with Gasteiger partial charge in [-0.3, -0.25) is 9.69 Å². The molecule has 3 rings (SSSR count). The summed E-state index contributed by atoms with van der Waals surface area (Å²) < 4.78 is 10.6. The van der Waals surface area contributed by atoms with Gasteiger partial charge >= 0.3 is 0 Å². The highest BCUT2D eigenvalue weighted by Gasteiger charge is 2.20. The van der Waals surface area contributed by atoms with E-state index in [1.54, 1.807) is 32.4 Å². The van der Waals surface area contributed by atoms with E-state index in [0.29, 0.717) is 23.6 Å². The van der Waals surface area contributed by atoms with Gasteiger partial charge in [0.15, 0.2) is 0 Å². The third-order valence-corrected chi connectivity index (χ3v) is 5.18. The third kappa shape index (κ3) is 4.88. The Morgan fingerprint density at radius 2 is 1.61 bits per heavy atom. The number of rotatable bonds is 7. The van der Waals surface area contributed by atoms with Crippen molar-refractivity contribution in [2.24, 2.45) is 0 Å². The Kier molecular flexibility index (Phi) is 7.01. The molecule has 28 heavy (non-hydrogen) atoms. The summed E-state index contributed by atoms with van der Waals surface area (Å²) in [7, 11) is 3.09. The summed E-state index contributed by atoms with van der Waals surface area (Å²) in [5.74, 6) is 0.830. The topological polar surface area (TPSA) is 54.0 Å². The van der Waals surface area contributed by atoms with Crippen molar-refractivity contribution in [1.82, 2.24) is 10.2 Å². The minimum atomic E-state index is -0.186. The number of nitrogens with zero attached hydrogens (tertiary/aromatic N) is 2. The average molecular weight is 404 g/mol. The van der Waals surface area contributed by atoms with Gasteiger partial charge < -0.3 is 19.7 Å². The van der Waals surface area contributed by atoms with Crippen molar-refractivity contribution >= 4 is 23.2 Å². The molecule has 150 valence electrons. The monoisotopic (exact) mass is 403 g/mol. The molecule has 1 fully saturated rings. The van der Waals surface area contributed by atoms with Crippen molar-refractivity contribution < 1.29 is 14.3 Å². The molecular weight excluding hydrogens is 378 g/mol. The molecule has 2 aromatic rings. The lowest BCUT2D eigenvalue weighted by Crippen LogP contribution is -2.48. The van der Waals surface area contributed by atoms with E-state index in [4.69, 9.17) is 21.1 Å². The van der Waals surface area contributed by atoms with Gasteiger partial charge in [0.2, 0.25) is 0 Å². The summed E-state index contributed by atoms with van der Waals surface area (Å²) in [6.45, 7) is 5.19. The molecule has 0 saturated carbocycles. The summed E-state index contributed by atoms with van der Waals surface area (Å²) in [4.78, 5) is 17.3. The van der Waals surface area contributed by atoms with Crippen LogP contribution in [0.4, 0.5) is 5.69 Å². The largest absolute Gasteiger partial charge is 0.496 e. The van der Waals surface area contributed by atoms with Crippen LogP contribution in [0.1, 0.15) is 10.4 Å². The van der Waals surface area contributed by atoms with Crippen LogP contribution in [0.25, 0.3) is 0 Å². The lowest BCUT2D eigenvalue weighted by Gasteiger charge is -2.36. The van der Waals surface area contributed by atoms with Crippen LogP contribution in [0.3, 0.4) is 0 Å². The third-order valence-electron chi connectivity index (χ3n) is 4.93. The molecule has 1 aliphatic heterocycles. The summed E-state index contributed by atoms with van der Waals surface area (Å²) in [6.07, 6.45) is 0. The van der Waals surface area contributed by atoms with E-state index in [1.165, 1.54) is 5.69 Å². The molecule has 0 spiro atoms. The molecule has 0 aliphatic carbocycles. The number of carbonyl (C=O) groups is 1. The molecule has 0 radical (unpaired) electrons. The predicted octanol–water partition coefficient (Wildman–Crippen LogP) is 2.91. The summed E-state index contributed by atoms with van der Waals surface area (Å²) in [5.41, 5.74) is 1.63. The van der Waals surface area contributed by atoms with Gasteiger partial charge in [-0.2, -0.15) is 0 Å². The normalized spacial score (nSPS) is 14.6. The van der Waals surface area contributed by atoms with Crippen LogP contribution in [-0.2, 0) is 0 Å². The van der Waals surface area contributed by atoms with Gasteiger partial charge in [-0.05, 0) is 36.4 Å². The summed E-state index contributed by atoms with van der Waals surface area (Å²) in [5, 5.41) is 3.73. The first kappa shape index (κ1) is 20.3. The average Bonchev–Trinajstić information content (AvgIpc) is 2.74. The molecule has 1 saturated heterocycles. The van der Waals surface area contributed by atoms with Crippen LogP contribution in [0, 0.1) is 0 Å². The zero-order valence-corrected chi connectivity index (χ0v) is 17.0. The first-order valence-corrected chi connectivity index (χ1v) is 9.72. The molecule has 1 heterocycles. The van der Waals surface area contributed by atoms with Crippen LogP contribution >= 0.6 is 11.6 Å². The fourth-order valence-electron chi connectivity index (χ4n) is 3.37. The number of benzene rings is 2. The van der Waals surface area contributed by atoms with Crippen LogP contribution < -0.4 is 19.7 Å². The van der Waals surface area contributed by atoms with Crippen molar-refractivity contribution in [3.8, 4) is 11.5 Å². The molecular formula is C21H26ClN3O3. The Balaban J connectivity index is 1.47.